The quantitative estimate of drug-likeness (QED) is 0.899. The Morgan fingerprint density at radius 2 is 2.21 bits per heavy atom. The van der Waals surface area contributed by atoms with Crippen molar-refractivity contribution in [2.24, 2.45) is 0 Å². The summed E-state index contributed by atoms with van der Waals surface area (Å²) in [4.78, 5) is 19.9. The van der Waals surface area contributed by atoms with E-state index < -0.39 is 5.69 Å². The lowest BCUT2D eigenvalue weighted by Gasteiger charge is -2.14. The molecule has 0 radical (unpaired) electrons. The lowest BCUT2D eigenvalue weighted by Crippen LogP contribution is -2.24. The Bertz CT molecular complexity index is 637. The molecule has 0 unspecified atom stereocenters. The van der Waals surface area contributed by atoms with Gasteiger partial charge in [0.25, 0.3) is 0 Å². The molecule has 0 saturated heterocycles. The second-order valence-corrected chi connectivity index (χ2v) is 3.94. The molecule has 2 aromatic rings. The van der Waals surface area contributed by atoms with Gasteiger partial charge in [-0.2, -0.15) is 4.98 Å². The molecule has 0 fully saturated rings. The summed E-state index contributed by atoms with van der Waals surface area (Å²) in [5.74, 6) is 0.943. The number of nitrogens with zero attached hydrogens (tertiary/aromatic N) is 3. The van der Waals surface area contributed by atoms with E-state index in [0.717, 1.165) is 5.56 Å². The molecule has 0 spiro atoms. The molecule has 19 heavy (non-hydrogen) atoms. The summed E-state index contributed by atoms with van der Waals surface area (Å²) >= 11 is 0. The van der Waals surface area contributed by atoms with Gasteiger partial charge in [-0.15, -0.1) is 0 Å². The van der Waals surface area contributed by atoms with Gasteiger partial charge in [-0.25, -0.2) is 14.3 Å². The number of nitrogens with one attached hydrogen (secondary N) is 1. The van der Waals surface area contributed by atoms with Gasteiger partial charge in [0.1, 0.15) is 12.1 Å². The van der Waals surface area contributed by atoms with Crippen LogP contribution in [0.3, 0.4) is 0 Å². The average Bonchev–Trinajstić information content (AvgIpc) is 2.40. The zero-order chi connectivity index (χ0) is 13.8. The number of ether oxygens (including phenoxy) is 1. The van der Waals surface area contributed by atoms with Crippen molar-refractivity contribution >= 4 is 5.95 Å². The Labute approximate surface area is 111 Å². The van der Waals surface area contributed by atoms with Crippen molar-refractivity contribution in [1.29, 1.82) is 0 Å². The fourth-order valence-corrected chi connectivity index (χ4v) is 1.82. The molecule has 0 aliphatic heterocycles. The summed E-state index contributed by atoms with van der Waals surface area (Å²) in [5.41, 5.74) is 1.21. The average molecular weight is 260 g/mol. The van der Waals surface area contributed by atoms with E-state index in [-0.39, 0.29) is 0 Å². The first-order valence-corrected chi connectivity index (χ1v) is 6.03. The smallest absolute Gasteiger partial charge is 0.356 e. The van der Waals surface area contributed by atoms with Gasteiger partial charge in [0, 0.05) is 7.05 Å². The van der Waals surface area contributed by atoms with Crippen LogP contribution < -0.4 is 15.7 Å². The van der Waals surface area contributed by atoms with Crippen molar-refractivity contribution in [2.45, 2.75) is 13.8 Å². The molecule has 1 heterocycles. The van der Waals surface area contributed by atoms with Crippen LogP contribution in [0.5, 0.6) is 5.75 Å². The first-order valence-electron chi connectivity index (χ1n) is 6.03. The Balaban J connectivity index is 2.61. The van der Waals surface area contributed by atoms with Crippen molar-refractivity contribution in [2.75, 3.05) is 19.0 Å². The first kappa shape index (κ1) is 13.1. The molecule has 6 heteroatoms. The summed E-state index contributed by atoms with van der Waals surface area (Å²) < 4.78 is 6.94. The van der Waals surface area contributed by atoms with Crippen LogP contribution >= 0.6 is 0 Å². The van der Waals surface area contributed by atoms with Crippen molar-refractivity contribution in [3.8, 4) is 11.4 Å². The summed E-state index contributed by atoms with van der Waals surface area (Å²) in [6.07, 6.45) is 1.45. The van der Waals surface area contributed by atoms with E-state index in [1.165, 1.54) is 10.9 Å². The third-order valence-corrected chi connectivity index (χ3v) is 2.67. The third kappa shape index (κ3) is 2.57. The number of rotatable bonds is 4. The molecule has 1 aromatic carbocycles. The largest absolute Gasteiger partial charge is 0.492 e. The van der Waals surface area contributed by atoms with Gasteiger partial charge in [0.2, 0.25) is 5.95 Å². The molecule has 0 atom stereocenters. The van der Waals surface area contributed by atoms with E-state index >= 15 is 0 Å². The van der Waals surface area contributed by atoms with Crippen LogP contribution in [0.2, 0.25) is 0 Å². The van der Waals surface area contributed by atoms with Crippen LogP contribution in [0.25, 0.3) is 5.69 Å². The summed E-state index contributed by atoms with van der Waals surface area (Å²) in [7, 11) is 1.67. The van der Waals surface area contributed by atoms with Gasteiger partial charge in [-0.05, 0) is 25.5 Å². The topological polar surface area (TPSA) is 69.0 Å². The highest BCUT2D eigenvalue weighted by molar-refractivity contribution is 5.52. The standard InChI is InChI=1S/C13H16N4O2/c1-4-19-10-7-5-6-9(2)11(10)17-8-15-12(14-3)16-13(17)18/h5-8H,4H2,1-3H3,(H,14,16,18). The number of aromatic nitrogens is 3. The number of aryl methyl sites for hydroxylation is 1. The minimum absolute atomic E-state index is 0.299. The highest BCUT2D eigenvalue weighted by atomic mass is 16.5. The van der Waals surface area contributed by atoms with E-state index in [4.69, 9.17) is 4.74 Å². The van der Waals surface area contributed by atoms with Crippen LogP contribution in [0.15, 0.2) is 29.3 Å². The van der Waals surface area contributed by atoms with Crippen LogP contribution in [-0.2, 0) is 0 Å². The highest BCUT2D eigenvalue weighted by Gasteiger charge is 2.11. The number of para-hydroxylation sites is 1. The van der Waals surface area contributed by atoms with E-state index in [2.05, 4.69) is 15.3 Å². The van der Waals surface area contributed by atoms with Crippen LogP contribution in [0.1, 0.15) is 12.5 Å². The third-order valence-electron chi connectivity index (χ3n) is 2.67. The fraction of sp³-hybridized carbons (Fsp3) is 0.308. The minimum atomic E-state index is -0.394. The molecule has 100 valence electrons. The predicted molar refractivity (Wildman–Crippen MR) is 73.1 cm³/mol. The zero-order valence-corrected chi connectivity index (χ0v) is 11.2. The Kier molecular flexibility index (Phi) is 3.79. The maximum Gasteiger partial charge on any atom is 0.356 e. The fourth-order valence-electron chi connectivity index (χ4n) is 1.82. The van der Waals surface area contributed by atoms with Crippen LogP contribution in [-0.4, -0.2) is 28.2 Å². The number of hydrogen-bond donors (Lipinski definition) is 1. The summed E-state index contributed by atoms with van der Waals surface area (Å²) in [5, 5.41) is 2.73. The molecule has 0 saturated carbocycles. The molecule has 2 rings (SSSR count). The van der Waals surface area contributed by atoms with E-state index in [0.29, 0.717) is 24.0 Å². The maximum atomic E-state index is 12.0. The van der Waals surface area contributed by atoms with Crippen molar-refractivity contribution < 1.29 is 4.74 Å². The molecule has 0 bridgehead atoms. The molecule has 6 nitrogen and oxygen atoms in total. The molecule has 1 aromatic heterocycles. The number of hydrogen-bond acceptors (Lipinski definition) is 5. The summed E-state index contributed by atoms with van der Waals surface area (Å²) in [6, 6.07) is 5.62. The van der Waals surface area contributed by atoms with Gasteiger partial charge in [-0.1, -0.05) is 12.1 Å². The molecular weight excluding hydrogens is 244 g/mol. The highest BCUT2D eigenvalue weighted by Crippen LogP contribution is 2.24. The lowest BCUT2D eigenvalue weighted by atomic mass is 10.2. The minimum Gasteiger partial charge on any atom is -0.492 e. The molecule has 0 aliphatic carbocycles. The van der Waals surface area contributed by atoms with Gasteiger partial charge in [0.15, 0.2) is 0 Å². The monoisotopic (exact) mass is 260 g/mol. The van der Waals surface area contributed by atoms with E-state index in [1.54, 1.807) is 7.05 Å². The molecule has 0 amide bonds. The zero-order valence-electron chi connectivity index (χ0n) is 11.2. The van der Waals surface area contributed by atoms with Gasteiger partial charge < -0.3 is 10.1 Å². The summed E-state index contributed by atoms with van der Waals surface area (Å²) in [6.45, 7) is 4.34. The van der Waals surface area contributed by atoms with Gasteiger partial charge in [0.05, 0.1) is 12.3 Å². The van der Waals surface area contributed by atoms with Crippen molar-refractivity contribution in [3.63, 3.8) is 0 Å². The van der Waals surface area contributed by atoms with Crippen LogP contribution in [0, 0.1) is 6.92 Å². The SMILES string of the molecule is CCOc1cccc(C)c1-n1cnc(NC)nc1=O. The normalized spacial score (nSPS) is 10.3. The predicted octanol–water partition coefficient (Wildman–Crippen LogP) is 1.38. The first-order chi connectivity index (χ1) is 9.17. The van der Waals surface area contributed by atoms with E-state index in [9.17, 15) is 4.79 Å². The maximum absolute atomic E-state index is 12.0. The Morgan fingerprint density at radius 3 is 2.84 bits per heavy atom. The molecule has 1 N–H and O–H groups in total. The number of benzene rings is 1. The molecule has 0 aliphatic rings. The van der Waals surface area contributed by atoms with Gasteiger partial charge >= 0.3 is 5.69 Å². The van der Waals surface area contributed by atoms with Gasteiger partial charge in [-0.3, -0.25) is 0 Å². The van der Waals surface area contributed by atoms with E-state index in [1.807, 2.05) is 32.0 Å². The molecular formula is C13H16N4O2. The Morgan fingerprint density at radius 1 is 1.42 bits per heavy atom. The lowest BCUT2D eigenvalue weighted by molar-refractivity contribution is 0.338. The second kappa shape index (κ2) is 5.51. The number of anilines is 1. The Hall–Kier alpha value is -2.37. The van der Waals surface area contributed by atoms with Crippen molar-refractivity contribution in [3.05, 3.63) is 40.6 Å². The second-order valence-electron chi connectivity index (χ2n) is 3.94. The van der Waals surface area contributed by atoms with Crippen molar-refractivity contribution in [1.82, 2.24) is 14.5 Å². The van der Waals surface area contributed by atoms with Crippen LogP contribution in [0.4, 0.5) is 5.95 Å².